The van der Waals surface area contributed by atoms with Gasteiger partial charge in [-0.25, -0.2) is 4.99 Å². The van der Waals surface area contributed by atoms with Gasteiger partial charge < -0.3 is 21.1 Å². The maximum absolute atomic E-state index is 12.4. The second-order valence-corrected chi connectivity index (χ2v) is 6.13. The number of rotatable bonds is 6. The highest BCUT2D eigenvalue weighted by Crippen LogP contribution is 2.24. The Labute approximate surface area is 168 Å². The van der Waals surface area contributed by atoms with Crippen molar-refractivity contribution < 1.29 is 14.3 Å². The molecule has 0 spiro atoms. The van der Waals surface area contributed by atoms with Gasteiger partial charge in [0.15, 0.2) is 0 Å². The Hall–Kier alpha value is -3.88. The largest absolute Gasteiger partial charge is 0.492 e. The summed E-state index contributed by atoms with van der Waals surface area (Å²) in [5.41, 5.74) is 7.13. The molecule has 0 unspecified atom stereocenters. The summed E-state index contributed by atoms with van der Waals surface area (Å²) in [6.45, 7) is 2.33. The van der Waals surface area contributed by atoms with Gasteiger partial charge in [0.2, 0.25) is 17.8 Å². The fraction of sp³-hybridized carbons (Fsp3) is 0.200. The lowest BCUT2D eigenvalue weighted by Gasteiger charge is -2.11. The lowest BCUT2D eigenvalue weighted by molar-refractivity contribution is -0.123. The van der Waals surface area contributed by atoms with Crippen LogP contribution in [0, 0.1) is 0 Å². The van der Waals surface area contributed by atoms with E-state index in [0.29, 0.717) is 18.0 Å². The molecule has 0 fully saturated rings. The molecule has 3 rings (SSSR count). The summed E-state index contributed by atoms with van der Waals surface area (Å²) in [5.74, 6) is -0.0756. The average molecular weight is 394 g/mol. The number of aliphatic imine (C=N–C) groups is 2. The Morgan fingerprint density at radius 3 is 2.66 bits per heavy atom. The van der Waals surface area contributed by atoms with Crippen molar-refractivity contribution >= 4 is 35.1 Å². The molecule has 9 heteroatoms. The number of nitrogens with one attached hydrogen (secondary N) is 3. The van der Waals surface area contributed by atoms with Crippen molar-refractivity contribution in [1.29, 1.82) is 0 Å². The minimum absolute atomic E-state index is 0.0587. The van der Waals surface area contributed by atoms with Gasteiger partial charge in [-0.05, 0) is 31.2 Å². The maximum Gasteiger partial charge on any atom is 0.252 e. The van der Waals surface area contributed by atoms with Crippen LogP contribution in [0.3, 0.4) is 0 Å². The number of carbonyl (C=O) groups excluding carboxylic acids is 2. The normalized spacial score (nSPS) is 16.0. The molecule has 1 heterocycles. The Morgan fingerprint density at radius 1 is 1.17 bits per heavy atom. The molecule has 1 aliphatic rings. The molecule has 2 aromatic carbocycles. The van der Waals surface area contributed by atoms with Crippen LogP contribution < -0.4 is 26.4 Å². The number of amides is 2. The van der Waals surface area contributed by atoms with Crippen LogP contribution in [-0.4, -0.2) is 36.4 Å². The van der Waals surface area contributed by atoms with E-state index in [9.17, 15) is 9.59 Å². The molecule has 5 N–H and O–H groups in total. The van der Waals surface area contributed by atoms with Crippen LogP contribution in [0.2, 0.25) is 0 Å². The number of ether oxygens (including phenoxy) is 1. The number of nitrogens with zero attached hydrogens (tertiary/aromatic N) is 2. The number of hydrogen-bond acceptors (Lipinski definition) is 5. The Balaban J connectivity index is 1.61. The fourth-order valence-electron chi connectivity index (χ4n) is 2.67. The smallest absolute Gasteiger partial charge is 0.252 e. The number of benzene rings is 2. The van der Waals surface area contributed by atoms with Crippen LogP contribution >= 0.6 is 0 Å². The first-order valence-electron chi connectivity index (χ1n) is 9.11. The van der Waals surface area contributed by atoms with Crippen molar-refractivity contribution in [2.45, 2.75) is 19.4 Å². The van der Waals surface area contributed by atoms with Gasteiger partial charge in [0.25, 0.3) is 5.91 Å². The Bertz CT molecular complexity index is 942. The van der Waals surface area contributed by atoms with Crippen LogP contribution in [0.1, 0.15) is 13.3 Å². The summed E-state index contributed by atoms with van der Waals surface area (Å²) in [7, 11) is 0. The van der Waals surface area contributed by atoms with E-state index in [0.717, 1.165) is 5.69 Å². The van der Waals surface area contributed by atoms with Crippen molar-refractivity contribution in [2.75, 3.05) is 17.2 Å². The van der Waals surface area contributed by atoms with Crippen molar-refractivity contribution in [1.82, 2.24) is 5.32 Å². The van der Waals surface area contributed by atoms with Gasteiger partial charge in [0.1, 0.15) is 11.8 Å². The monoisotopic (exact) mass is 394 g/mol. The Kier molecular flexibility index (Phi) is 6.41. The van der Waals surface area contributed by atoms with E-state index in [1.165, 1.54) is 0 Å². The van der Waals surface area contributed by atoms with E-state index in [1.807, 2.05) is 43.3 Å². The summed E-state index contributed by atoms with van der Waals surface area (Å²) in [6.07, 6.45) is -0.128. The van der Waals surface area contributed by atoms with Crippen molar-refractivity contribution in [3.05, 3.63) is 54.6 Å². The SMILES string of the molecule is CCOc1ccccc1NC(=O)C[C@H]1N=C(N=C(N)Nc2ccccc2)NC1=O. The second-order valence-electron chi connectivity index (χ2n) is 6.13. The van der Waals surface area contributed by atoms with E-state index >= 15 is 0 Å². The molecule has 0 radical (unpaired) electrons. The molecule has 0 saturated carbocycles. The zero-order valence-electron chi connectivity index (χ0n) is 15.9. The number of anilines is 2. The van der Waals surface area contributed by atoms with E-state index in [4.69, 9.17) is 10.5 Å². The molecule has 0 aliphatic carbocycles. The van der Waals surface area contributed by atoms with Crippen LogP contribution in [0.25, 0.3) is 0 Å². The van der Waals surface area contributed by atoms with Gasteiger partial charge >= 0.3 is 0 Å². The van der Waals surface area contributed by atoms with E-state index in [-0.39, 0.29) is 24.2 Å². The third-order valence-corrected chi connectivity index (χ3v) is 3.93. The first-order valence-corrected chi connectivity index (χ1v) is 9.11. The molecular formula is C20H22N6O3. The third kappa shape index (κ3) is 5.55. The third-order valence-electron chi connectivity index (χ3n) is 3.93. The van der Waals surface area contributed by atoms with E-state index in [2.05, 4.69) is 25.9 Å². The van der Waals surface area contributed by atoms with Crippen LogP contribution in [0.15, 0.2) is 64.6 Å². The molecule has 0 bridgehead atoms. The summed E-state index contributed by atoms with van der Waals surface area (Å²) in [6, 6.07) is 15.4. The molecule has 2 amide bonds. The first kappa shape index (κ1) is 19.9. The van der Waals surface area contributed by atoms with Gasteiger partial charge in [-0.15, -0.1) is 0 Å². The van der Waals surface area contributed by atoms with Crippen LogP contribution in [-0.2, 0) is 9.59 Å². The molecule has 1 atom stereocenters. The Morgan fingerprint density at radius 2 is 1.90 bits per heavy atom. The van der Waals surface area contributed by atoms with Gasteiger partial charge in [-0.3, -0.25) is 14.9 Å². The van der Waals surface area contributed by atoms with Gasteiger partial charge in [0, 0.05) is 5.69 Å². The summed E-state index contributed by atoms with van der Waals surface area (Å²) in [4.78, 5) is 32.7. The van der Waals surface area contributed by atoms with Gasteiger partial charge in [-0.1, -0.05) is 30.3 Å². The molecule has 0 aromatic heterocycles. The molecule has 1 aliphatic heterocycles. The summed E-state index contributed by atoms with van der Waals surface area (Å²) >= 11 is 0. The molecule has 9 nitrogen and oxygen atoms in total. The molecule has 29 heavy (non-hydrogen) atoms. The minimum Gasteiger partial charge on any atom is -0.492 e. The molecule has 150 valence electrons. The van der Waals surface area contributed by atoms with Crippen LogP contribution in [0.4, 0.5) is 11.4 Å². The average Bonchev–Trinajstić information content (AvgIpc) is 3.02. The lowest BCUT2D eigenvalue weighted by Crippen LogP contribution is -2.32. The zero-order valence-corrected chi connectivity index (χ0v) is 15.9. The van der Waals surface area contributed by atoms with Crippen molar-refractivity contribution in [2.24, 2.45) is 15.7 Å². The van der Waals surface area contributed by atoms with Crippen molar-refractivity contribution in [3.8, 4) is 5.75 Å². The number of nitrogens with two attached hydrogens (primary N) is 1. The standard InChI is InChI=1S/C20H22N6O3/c1-2-29-16-11-7-6-10-14(16)23-17(27)12-15-18(28)25-20(24-15)26-19(21)22-13-8-4-3-5-9-13/h3-11,15H,2,12H2,1H3,(H,23,27)(H4,21,22,24,25,26,28)/t15-/m1/s1. The highest BCUT2D eigenvalue weighted by atomic mass is 16.5. The summed E-state index contributed by atoms with van der Waals surface area (Å²) in [5, 5.41) is 8.16. The fourth-order valence-corrected chi connectivity index (χ4v) is 2.67. The van der Waals surface area contributed by atoms with E-state index in [1.54, 1.807) is 18.2 Å². The highest BCUT2D eigenvalue weighted by molar-refractivity contribution is 6.11. The lowest BCUT2D eigenvalue weighted by atomic mass is 10.2. The predicted octanol–water partition coefficient (Wildman–Crippen LogP) is 1.70. The quantitative estimate of drug-likeness (QED) is 0.438. The highest BCUT2D eigenvalue weighted by Gasteiger charge is 2.29. The minimum atomic E-state index is -0.877. The number of para-hydroxylation sites is 3. The first-order chi connectivity index (χ1) is 14.0. The van der Waals surface area contributed by atoms with Crippen LogP contribution in [0.5, 0.6) is 5.75 Å². The number of guanidine groups is 2. The zero-order chi connectivity index (χ0) is 20.6. The predicted molar refractivity (Wildman–Crippen MR) is 112 cm³/mol. The van der Waals surface area contributed by atoms with Crippen molar-refractivity contribution in [3.63, 3.8) is 0 Å². The summed E-state index contributed by atoms with van der Waals surface area (Å²) < 4.78 is 5.48. The van der Waals surface area contributed by atoms with Gasteiger partial charge in [0.05, 0.1) is 18.7 Å². The molecular weight excluding hydrogens is 372 g/mol. The maximum atomic E-state index is 12.4. The van der Waals surface area contributed by atoms with Gasteiger partial charge in [-0.2, -0.15) is 4.99 Å². The number of hydrogen-bond donors (Lipinski definition) is 4. The molecule has 0 saturated heterocycles. The van der Waals surface area contributed by atoms with E-state index < -0.39 is 11.9 Å². The second kappa shape index (κ2) is 9.36. The number of carbonyl (C=O) groups is 2. The molecule has 2 aromatic rings. The topological polar surface area (TPSA) is 130 Å².